The van der Waals surface area contributed by atoms with Crippen molar-refractivity contribution in [3.05, 3.63) is 24.3 Å². The molecule has 19 heavy (non-hydrogen) atoms. The summed E-state index contributed by atoms with van der Waals surface area (Å²) in [5.74, 6) is 0. The first-order chi connectivity index (χ1) is 8.96. The van der Waals surface area contributed by atoms with Gasteiger partial charge in [-0.2, -0.15) is 4.31 Å². The minimum absolute atomic E-state index is 0.0770. The van der Waals surface area contributed by atoms with Crippen LogP contribution in [0.1, 0.15) is 26.2 Å². The van der Waals surface area contributed by atoms with Crippen molar-refractivity contribution in [2.75, 3.05) is 6.54 Å². The van der Waals surface area contributed by atoms with Crippen molar-refractivity contribution in [3.63, 3.8) is 0 Å². The van der Waals surface area contributed by atoms with Gasteiger partial charge in [0.05, 0.1) is 4.90 Å². The highest BCUT2D eigenvalue weighted by molar-refractivity contribution is 7.89. The van der Waals surface area contributed by atoms with E-state index in [1.807, 2.05) is 6.92 Å². The van der Waals surface area contributed by atoms with Gasteiger partial charge >= 0.3 is 7.12 Å². The third kappa shape index (κ3) is 2.84. The van der Waals surface area contributed by atoms with E-state index in [0.29, 0.717) is 6.54 Å². The van der Waals surface area contributed by atoms with Crippen LogP contribution in [0.25, 0.3) is 0 Å². The van der Waals surface area contributed by atoms with Crippen molar-refractivity contribution in [1.82, 2.24) is 4.31 Å². The zero-order valence-electron chi connectivity index (χ0n) is 10.9. The van der Waals surface area contributed by atoms with Gasteiger partial charge in [-0.3, -0.25) is 0 Å². The maximum atomic E-state index is 12.5. The first kappa shape index (κ1) is 14.5. The summed E-state index contributed by atoms with van der Waals surface area (Å²) in [6, 6.07) is 5.78. The first-order valence-corrected chi connectivity index (χ1v) is 7.88. The molecule has 0 unspecified atom stereocenters. The molecule has 1 aliphatic rings. The Morgan fingerprint density at radius 1 is 1.32 bits per heavy atom. The predicted molar refractivity (Wildman–Crippen MR) is 73.5 cm³/mol. The number of hydrogen-bond acceptors (Lipinski definition) is 4. The van der Waals surface area contributed by atoms with Crippen molar-refractivity contribution in [2.45, 2.75) is 37.1 Å². The van der Waals surface area contributed by atoms with E-state index in [0.717, 1.165) is 19.3 Å². The molecule has 1 aromatic rings. The van der Waals surface area contributed by atoms with E-state index in [1.54, 1.807) is 4.31 Å². The summed E-state index contributed by atoms with van der Waals surface area (Å²) in [6.45, 7) is 2.55. The Hall–Kier alpha value is -0.885. The van der Waals surface area contributed by atoms with E-state index in [9.17, 15) is 8.42 Å². The molecule has 1 saturated heterocycles. The number of benzene rings is 1. The third-order valence-electron chi connectivity index (χ3n) is 3.58. The molecule has 1 aromatic carbocycles. The van der Waals surface area contributed by atoms with Crippen molar-refractivity contribution in [2.24, 2.45) is 0 Å². The van der Waals surface area contributed by atoms with Gasteiger partial charge in [-0.15, -0.1) is 0 Å². The van der Waals surface area contributed by atoms with Crippen LogP contribution in [0.15, 0.2) is 29.2 Å². The molecule has 0 amide bonds. The molecule has 0 spiro atoms. The van der Waals surface area contributed by atoms with Gasteiger partial charge < -0.3 is 10.0 Å². The Balaban J connectivity index is 2.29. The van der Waals surface area contributed by atoms with Crippen molar-refractivity contribution >= 4 is 22.6 Å². The lowest BCUT2D eigenvalue weighted by Gasteiger charge is -2.23. The number of hydrogen-bond donors (Lipinski definition) is 2. The van der Waals surface area contributed by atoms with Crippen LogP contribution in [0.3, 0.4) is 0 Å². The maximum Gasteiger partial charge on any atom is 0.488 e. The first-order valence-electron chi connectivity index (χ1n) is 6.44. The van der Waals surface area contributed by atoms with Gasteiger partial charge in [0.1, 0.15) is 0 Å². The summed E-state index contributed by atoms with van der Waals surface area (Å²) >= 11 is 0. The molecule has 5 nitrogen and oxygen atoms in total. The minimum atomic E-state index is -3.47. The van der Waals surface area contributed by atoms with E-state index in [4.69, 9.17) is 10.0 Å². The third-order valence-corrected chi connectivity index (χ3v) is 5.55. The van der Waals surface area contributed by atoms with Crippen molar-refractivity contribution < 1.29 is 18.5 Å². The molecule has 1 aliphatic heterocycles. The monoisotopic (exact) mass is 283 g/mol. The van der Waals surface area contributed by atoms with Crippen molar-refractivity contribution in [1.29, 1.82) is 0 Å². The van der Waals surface area contributed by atoms with Gasteiger partial charge in [0, 0.05) is 12.6 Å². The van der Waals surface area contributed by atoms with Gasteiger partial charge in [-0.1, -0.05) is 19.1 Å². The summed E-state index contributed by atoms with van der Waals surface area (Å²) < 4.78 is 26.5. The van der Waals surface area contributed by atoms with Crippen LogP contribution in [0, 0.1) is 0 Å². The fraction of sp³-hybridized carbons (Fsp3) is 0.500. The van der Waals surface area contributed by atoms with E-state index in [2.05, 4.69) is 0 Å². The molecule has 0 radical (unpaired) electrons. The second-order valence-corrected chi connectivity index (χ2v) is 6.65. The fourth-order valence-corrected chi connectivity index (χ4v) is 4.25. The van der Waals surface area contributed by atoms with Crippen LogP contribution in [0.2, 0.25) is 0 Å². The molecule has 1 atom stereocenters. The lowest BCUT2D eigenvalue weighted by molar-refractivity contribution is 0.379. The number of rotatable bonds is 4. The standard InChI is InChI=1S/C12H18BNO4S/c1-2-11-4-3-9-14(11)19(17,18)12-7-5-10(6-8-12)13(15)16/h5-8,11,15-16H,2-4,9H2,1H3/t11-/m0/s1. The van der Waals surface area contributed by atoms with Crippen LogP contribution in [0.4, 0.5) is 0 Å². The molecule has 0 saturated carbocycles. The molecular formula is C12H18BNO4S. The van der Waals surface area contributed by atoms with E-state index in [-0.39, 0.29) is 16.4 Å². The minimum Gasteiger partial charge on any atom is -0.423 e. The van der Waals surface area contributed by atoms with Crippen LogP contribution in [0.5, 0.6) is 0 Å². The molecule has 1 heterocycles. The second kappa shape index (κ2) is 5.62. The quantitative estimate of drug-likeness (QED) is 0.758. The highest BCUT2D eigenvalue weighted by atomic mass is 32.2. The number of sulfonamides is 1. The molecule has 0 aliphatic carbocycles. The highest BCUT2D eigenvalue weighted by Crippen LogP contribution is 2.27. The van der Waals surface area contributed by atoms with E-state index in [1.165, 1.54) is 24.3 Å². The molecule has 7 heteroatoms. The van der Waals surface area contributed by atoms with Crippen LogP contribution < -0.4 is 5.46 Å². The Labute approximate surface area is 114 Å². The smallest absolute Gasteiger partial charge is 0.423 e. The normalized spacial score (nSPS) is 20.7. The van der Waals surface area contributed by atoms with Gasteiger partial charge in [-0.25, -0.2) is 8.42 Å². The maximum absolute atomic E-state index is 12.5. The fourth-order valence-electron chi connectivity index (χ4n) is 2.48. The van der Waals surface area contributed by atoms with Crippen LogP contribution in [-0.4, -0.2) is 42.5 Å². The molecule has 2 N–H and O–H groups in total. The zero-order valence-corrected chi connectivity index (χ0v) is 11.7. The van der Waals surface area contributed by atoms with Gasteiger partial charge in [0.25, 0.3) is 0 Å². The summed E-state index contributed by atoms with van der Waals surface area (Å²) in [7, 11) is -5.05. The average molecular weight is 283 g/mol. The molecule has 0 aromatic heterocycles. The van der Waals surface area contributed by atoms with Gasteiger partial charge in [0.2, 0.25) is 10.0 Å². The molecular weight excluding hydrogens is 265 g/mol. The SMILES string of the molecule is CC[C@H]1CCCN1S(=O)(=O)c1ccc(B(O)O)cc1. The number of nitrogens with zero attached hydrogens (tertiary/aromatic N) is 1. The predicted octanol–water partition coefficient (Wildman–Crippen LogP) is -0.0705. The molecule has 104 valence electrons. The Bertz CT molecular complexity index is 529. The summed E-state index contributed by atoms with van der Waals surface area (Å²) in [4.78, 5) is 0.206. The highest BCUT2D eigenvalue weighted by Gasteiger charge is 2.34. The average Bonchev–Trinajstić information content (AvgIpc) is 2.87. The summed E-state index contributed by atoms with van der Waals surface area (Å²) in [5.41, 5.74) is 0.285. The molecule has 0 bridgehead atoms. The van der Waals surface area contributed by atoms with Crippen LogP contribution >= 0.6 is 0 Å². The topological polar surface area (TPSA) is 77.8 Å². The largest absolute Gasteiger partial charge is 0.488 e. The summed E-state index contributed by atoms with van der Waals surface area (Å²) in [5, 5.41) is 18.0. The lowest BCUT2D eigenvalue weighted by atomic mass is 9.81. The Morgan fingerprint density at radius 3 is 2.47 bits per heavy atom. The second-order valence-electron chi connectivity index (χ2n) is 4.76. The Morgan fingerprint density at radius 2 is 1.95 bits per heavy atom. The van der Waals surface area contributed by atoms with Gasteiger partial charge in [-0.05, 0) is 36.9 Å². The van der Waals surface area contributed by atoms with E-state index >= 15 is 0 Å². The summed E-state index contributed by atoms with van der Waals surface area (Å²) in [6.07, 6.45) is 2.61. The van der Waals surface area contributed by atoms with Gasteiger partial charge in [0.15, 0.2) is 0 Å². The molecule has 2 rings (SSSR count). The lowest BCUT2D eigenvalue weighted by Crippen LogP contribution is -2.35. The molecule has 1 fully saturated rings. The Kier molecular flexibility index (Phi) is 4.30. The van der Waals surface area contributed by atoms with Crippen LogP contribution in [-0.2, 0) is 10.0 Å². The zero-order chi connectivity index (χ0) is 14.0. The van der Waals surface area contributed by atoms with Crippen molar-refractivity contribution in [3.8, 4) is 0 Å². The van der Waals surface area contributed by atoms with E-state index < -0.39 is 17.1 Å².